The van der Waals surface area contributed by atoms with E-state index in [0.717, 1.165) is 25.9 Å². The summed E-state index contributed by atoms with van der Waals surface area (Å²) < 4.78 is 10.6. The standard InChI is InChI=1S/C12H25NO4/c1-3-5-7-16-8-9-17-10-11(12(14)15)13-6-4-2/h11,13H,3-10H2,1-2H3,(H,14,15). The van der Waals surface area contributed by atoms with Gasteiger partial charge in [0.2, 0.25) is 0 Å². The first-order valence-electron chi connectivity index (χ1n) is 6.34. The molecule has 0 spiro atoms. The summed E-state index contributed by atoms with van der Waals surface area (Å²) in [7, 11) is 0. The minimum Gasteiger partial charge on any atom is -0.480 e. The number of hydrogen-bond donors (Lipinski definition) is 2. The highest BCUT2D eigenvalue weighted by atomic mass is 16.5. The molecule has 0 aromatic rings. The van der Waals surface area contributed by atoms with Gasteiger partial charge in [-0.25, -0.2) is 0 Å². The topological polar surface area (TPSA) is 67.8 Å². The van der Waals surface area contributed by atoms with Crippen molar-refractivity contribution in [3.8, 4) is 0 Å². The van der Waals surface area contributed by atoms with E-state index in [9.17, 15) is 4.79 Å². The summed E-state index contributed by atoms with van der Waals surface area (Å²) >= 11 is 0. The number of carbonyl (C=O) groups is 1. The molecule has 0 aliphatic carbocycles. The van der Waals surface area contributed by atoms with Crippen molar-refractivity contribution in [3.05, 3.63) is 0 Å². The van der Waals surface area contributed by atoms with Gasteiger partial charge in [0.1, 0.15) is 6.04 Å². The Hall–Kier alpha value is -0.650. The molecule has 5 heteroatoms. The molecule has 1 atom stereocenters. The first-order chi connectivity index (χ1) is 8.22. The van der Waals surface area contributed by atoms with E-state index in [4.69, 9.17) is 14.6 Å². The largest absolute Gasteiger partial charge is 0.480 e. The minimum atomic E-state index is -0.870. The molecule has 0 aliphatic rings. The molecule has 102 valence electrons. The summed E-state index contributed by atoms with van der Waals surface area (Å²) in [6.07, 6.45) is 3.07. The first-order valence-corrected chi connectivity index (χ1v) is 6.34. The minimum absolute atomic E-state index is 0.187. The summed E-state index contributed by atoms with van der Waals surface area (Å²) in [6, 6.07) is -0.620. The smallest absolute Gasteiger partial charge is 0.323 e. The molecule has 0 aliphatic heterocycles. The maximum Gasteiger partial charge on any atom is 0.323 e. The second kappa shape index (κ2) is 11.8. The molecule has 0 saturated heterocycles. The van der Waals surface area contributed by atoms with Gasteiger partial charge in [-0.1, -0.05) is 20.3 Å². The normalized spacial score (nSPS) is 12.6. The van der Waals surface area contributed by atoms with E-state index in [1.165, 1.54) is 0 Å². The monoisotopic (exact) mass is 247 g/mol. The first kappa shape index (κ1) is 16.4. The third-order valence-electron chi connectivity index (χ3n) is 2.24. The second-order valence-electron chi connectivity index (χ2n) is 3.89. The van der Waals surface area contributed by atoms with Crippen molar-refractivity contribution >= 4 is 5.97 Å². The van der Waals surface area contributed by atoms with Gasteiger partial charge in [0.25, 0.3) is 0 Å². The lowest BCUT2D eigenvalue weighted by atomic mass is 10.3. The number of ether oxygens (including phenoxy) is 2. The second-order valence-corrected chi connectivity index (χ2v) is 3.89. The summed E-state index contributed by atoms with van der Waals surface area (Å²) in [4.78, 5) is 10.8. The van der Waals surface area contributed by atoms with E-state index in [1.54, 1.807) is 0 Å². The van der Waals surface area contributed by atoms with Crippen molar-refractivity contribution < 1.29 is 19.4 Å². The van der Waals surface area contributed by atoms with E-state index in [0.29, 0.717) is 19.8 Å². The number of carboxylic acids is 1. The highest BCUT2D eigenvalue weighted by Crippen LogP contribution is 1.90. The van der Waals surface area contributed by atoms with Gasteiger partial charge < -0.3 is 19.9 Å². The fourth-order valence-electron chi connectivity index (χ4n) is 1.20. The van der Waals surface area contributed by atoms with Crippen LogP contribution in [0.25, 0.3) is 0 Å². The lowest BCUT2D eigenvalue weighted by Crippen LogP contribution is -2.41. The van der Waals surface area contributed by atoms with Crippen LogP contribution >= 0.6 is 0 Å². The predicted molar refractivity (Wildman–Crippen MR) is 66.3 cm³/mol. The number of unbranched alkanes of at least 4 members (excludes halogenated alkanes) is 1. The van der Waals surface area contributed by atoms with Crippen molar-refractivity contribution in [2.24, 2.45) is 0 Å². The Kier molecular flexibility index (Phi) is 11.4. The van der Waals surface area contributed by atoms with Crippen LogP contribution in [0.3, 0.4) is 0 Å². The van der Waals surface area contributed by atoms with Crippen LogP contribution in [-0.2, 0) is 14.3 Å². The molecule has 0 rings (SSSR count). The van der Waals surface area contributed by atoms with Crippen molar-refractivity contribution in [3.63, 3.8) is 0 Å². The zero-order valence-electron chi connectivity index (χ0n) is 10.9. The summed E-state index contributed by atoms with van der Waals surface area (Å²) in [5.74, 6) is -0.870. The molecule has 0 amide bonds. The molecule has 0 bridgehead atoms. The highest BCUT2D eigenvalue weighted by molar-refractivity contribution is 5.73. The SMILES string of the molecule is CCCCOCCOCC(NCCC)C(=O)O. The maximum atomic E-state index is 10.8. The molecule has 0 heterocycles. The van der Waals surface area contributed by atoms with Crippen LogP contribution in [0.15, 0.2) is 0 Å². The van der Waals surface area contributed by atoms with Crippen LogP contribution in [-0.4, -0.2) is 50.1 Å². The van der Waals surface area contributed by atoms with Crippen LogP contribution in [0.2, 0.25) is 0 Å². The highest BCUT2D eigenvalue weighted by Gasteiger charge is 2.15. The van der Waals surface area contributed by atoms with Crippen molar-refractivity contribution in [1.82, 2.24) is 5.32 Å². The quantitative estimate of drug-likeness (QED) is 0.508. The molecule has 0 aromatic carbocycles. The van der Waals surface area contributed by atoms with Crippen LogP contribution in [0.5, 0.6) is 0 Å². The van der Waals surface area contributed by atoms with Crippen LogP contribution in [0.4, 0.5) is 0 Å². The fraction of sp³-hybridized carbons (Fsp3) is 0.917. The van der Waals surface area contributed by atoms with Gasteiger partial charge in [0.15, 0.2) is 0 Å². The Balaban J connectivity index is 3.44. The number of hydrogen-bond acceptors (Lipinski definition) is 4. The summed E-state index contributed by atoms with van der Waals surface area (Å²) in [6.45, 7) is 6.70. The van der Waals surface area contributed by atoms with E-state index in [1.807, 2.05) is 6.92 Å². The van der Waals surface area contributed by atoms with Crippen molar-refractivity contribution in [2.75, 3.05) is 33.0 Å². The van der Waals surface area contributed by atoms with Crippen molar-refractivity contribution in [1.29, 1.82) is 0 Å². The molecule has 5 nitrogen and oxygen atoms in total. The van der Waals surface area contributed by atoms with Crippen LogP contribution < -0.4 is 5.32 Å². The van der Waals surface area contributed by atoms with Gasteiger partial charge in [-0.3, -0.25) is 4.79 Å². The van der Waals surface area contributed by atoms with Crippen LogP contribution in [0.1, 0.15) is 33.1 Å². The third kappa shape index (κ3) is 10.2. The molecule has 0 radical (unpaired) electrons. The van der Waals surface area contributed by atoms with Crippen molar-refractivity contribution in [2.45, 2.75) is 39.2 Å². The maximum absolute atomic E-state index is 10.8. The lowest BCUT2D eigenvalue weighted by molar-refractivity contribution is -0.141. The lowest BCUT2D eigenvalue weighted by Gasteiger charge is -2.14. The molecular formula is C12H25NO4. The Morgan fingerprint density at radius 1 is 1.18 bits per heavy atom. The van der Waals surface area contributed by atoms with Gasteiger partial charge in [-0.05, 0) is 19.4 Å². The Morgan fingerprint density at radius 2 is 1.88 bits per heavy atom. The number of rotatable bonds is 12. The molecule has 0 aromatic heterocycles. The van der Waals surface area contributed by atoms with Gasteiger partial charge in [0.05, 0.1) is 19.8 Å². The van der Waals surface area contributed by atoms with Crippen LogP contribution in [0, 0.1) is 0 Å². The number of nitrogens with one attached hydrogen (secondary N) is 1. The number of carboxylic acid groups (broad SMARTS) is 1. The fourth-order valence-corrected chi connectivity index (χ4v) is 1.20. The van der Waals surface area contributed by atoms with Gasteiger partial charge >= 0.3 is 5.97 Å². The Labute approximate surface area is 103 Å². The Bertz CT molecular complexity index is 187. The van der Waals surface area contributed by atoms with E-state index in [2.05, 4.69) is 12.2 Å². The molecule has 2 N–H and O–H groups in total. The summed E-state index contributed by atoms with van der Waals surface area (Å²) in [5, 5.41) is 11.8. The molecular weight excluding hydrogens is 222 g/mol. The third-order valence-corrected chi connectivity index (χ3v) is 2.24. The zero-order chi connectivity index (χ0) is 12.9. The van der Waals surface area contributed by atoms with Gasteiger partial charge in [-0.15, -0.1) is 0 Å². The zero-order valence-corrected chi connectivity index (χ0v) is 10.9. The average molecular weight is 247 g/mol. The number of aliphatic carboxylic acids is 1. The predicted octanol–water partition coefficient (Wildman–Crippen LogP) is 1.27. The molecule has 17 heavy (non-hydrogen) atoms. The van der Waals surface area contributed by atoms with E-state index in [-0.39, 0.29) is 6.61 Å². The molecule has 1 unspecified atom stereocenters. The molecule has 0 fully saturated rings. The Morgan fingerprint density at radius 3 is 2.47 bits per heavy atom. The summed E-state index contributed by atoms with van der Waals surface area (Å²) in [5.41, 5.74) is 0. The average Bonchev–Trinajstić information content (AvgIpc) is 2.31. The molecule has 0 saturated carbocycles. The van der Waals surface area contributed by atoms with Gasteiger partial charge in [-0.2, -0.15) is 0 Å². The van der Waals surface area contributed by atoms with Gasteiger partial charge in [0, 0.05) is 6.61 Å². The van der Waals surface area contributed by atoms with E-state index < -0.39 is 12.0 Å². The van der Waals surface area contributed by atoms with E-state index >= 15 is 0 Å².